The highest BCUT2D eigenvalue weighted by Gasteiger charge is 2.23. The number of carbonyl (C=O) groups is 1. The fourth-order valence-corrected chi connectivity index (χ4v) is 2.67. The highest BCUT2D eigenvalue weighted by atomic mass is 32.2. The predicted molar refractivity (Wildman–Crippen MR) is 70.8 cm³/mol. The monoisotopic (exact) mass is 242 g/mol. The maximum absolute atomic E-state index is 12.0. The highest BCUT2D eigenvalue weighted by Crippen LogP contribution is 2.20. The fraction of sp³-hybridized carbons (Fsp3) is 0.833. The van der Waals surface area contributed by atoms with Crippen LogP contribution in [0.25, 0.3) is 0 Å². The topological polar surface area (TPSA) is 32.7 Å². The summed E-state index contributed by atoms with van der Waals surface area (Å²) in [4.78, 5) is 18.4. The van der Waals surface area contributed by atoms with Gasteiger partial charge in [-0.05, 0) is 26.2 Å². The van der Waals surface area contributed by atoms with E-state index >= 15 is 0 Å². The molecular formula is C12H22N2OS. The SMILES string of the molecule is CC(C)CC(=O)N1CCCSC1=NC(C)C. The molecule has 16 heavy (non-hydrogen) atoms. The molecule has 0 aromatic heterocycles. The van der Waals surface area contributed by atoms with Crippen LogP contribution in [0.5, 0.6) is 0 Å². The van der Waals surface area contributed by atoms with E-state index < -0.39 is 0 Å². The smallest absolute Gasteiger partial charge is 0.228 e. The summed E-state index contributed by atoms with van der Waals surface area (Å²) < 4.78 is 0. The Morgan fingerprint density at radius 1 is 1.44 bits per heavy atom. The number of amides is 1. The molecule has 1 aliphatic heterocycles. The molecule has 0 saturated carbocycles. The number of rotatable bonds is 3. The normalized spacial score (nSPS) is 19.9. The Labute approximate surface area is 103 Å². The Bertz CT molecular complexity index is 274. The fourth-order valence-electron chi connectivity index (χ4n) is 1.58. The van der Waals surface area contributed by atoms with Gasteiger partial charge in [-0.2, -0.15) is 0 Å². The molecule has 92 valence electrons. The van der Waals surface area contributed by atoms with Gasteiger partial charge in [0.1, 0.15) is 0 Å². The summed E-state index contributed by atoms with van der Waals surface area (Å²) in [5.41, 5.74) is 0. The van der Waals surface area contributed by atoms with Crippen molar-refractivity contribution in [2.45, 2.75) is 46.6 Å². The van der Waals surface area contributed by atoms with Crippen molar-refractivity contribution in [1.82, 2.24) is 4.90 Å². The lowest BCUT2D eigenvalue weighted by atomic mass is 10.1. The molecule has 0 unspecified atom stereocenters. The first kappa shape index (κ1) is 13.6. The lowest BCUT2D eigenvalue weighted by Crippen LogP contribution is -2.40. The van der Waals surface area contributed by atoms with Crippen LogP contribution in [-0.4, -0.2) is 34.3 Å². The second kappa shape index (κ2) is 6.28. The Kier molecular flexibility index (Phi) is 5.32. The molecule has 1 amide bonds. The molecule has 1 rings (SSSR count). The summed E-state index contributed by atoms with van der Waals surface area (Å²) in [7, 11) is 0. The van der Waals surface area contributed by atoms with E-state index in [4.69, 9.17) is 0 Å². The zero-order chi connectivity index (χ0) is 12.1. The molecule has 0 N–H and O–H groups in total. The van der Waals surface area contributed by atoms with Gasteiger partial charge in [-0.1, -0.05) is 25.6 Å². The highest BCUT2D eigenvalue weighted by molar-refractivity contribution is 8.13. The minimum Gasteiger partial charge on any atom is -0.292 e. The Balaban J connectivity index is 2.70. The van der Waals surface area contributed by atoms with Crippen LogP contribution in [-0.2, 0) is 4.79 Å². The van der Waals surface area contributed by atoms with Crippen molar-refractivity contribution >= 4 is 22.8 Å². The lowest BCUT2D eigenvalue weighted by molar-refractivity contribution is -0.128. The summed E-state index contributed by atoms with van der Waals surface area (Å²) in [5.74, 6) is 1.72. The van der Waals surface area contributed by atoms with Gasteiger partial charge in [0, 0.05) is 24.8 Å². The van der Waals surface area contributed by atoms with Crippen LogP contribution in [0.4, 0.5) is 0 Å². The van der Waals surface area contributed by atoms with Gasteiger partial charge in [0.15, 0.2) is 5.17 Å². The predicted octanol–water partition coefficient (Wildman–Crippen LogP) is 2.76. The first-order valence-electron chi connectivity index (χ1n) is 6.01. The van der Waals surface area contributed by atoms with Crippen LogP contribution < -0.4 is 0 Å². The van der Waals surface area contributed by atoms with Gasteiger partial charge in [0.05, 0.1) is 0 Å². The molecule has 0 aromatic rings. The zero-order valence-corrected chi connectivity index (χ0v) is 11.5. The molecular weight excluding hydrogens is 220 g/mol. The van der Waals surface area contributed by atoms with E-state index in [1.165, 1.54) is 0 Å². The lowest BCUT2D eigenvalue weighted by Gasteiger charge is -2.28. The first-order valence-corrected chi connectivity index (χ1v) is 7.00. The number of nitrogens with zero attached hydrogens (tertiary/aromatic N) is 2. The molecule has 3 nitrogen and oxygen atoms in total. The third-order valence-electron chi connectivity index (χ3n) is 2.24. The molecule has 0 aromatic carbocycles. The van der Waals surface area contributed by atoms with Crippen LogP contribution in [0.3, 0.4) is 0 Å². The summed E-state index contributed by atoms with van der Waals surface area (Å²) >= 11 is 1.71. The van der Waals surface area contributed by atoms with Crippen molar-refractivity contribution in [3.8, 4) is 0 Å². The Hall–Kier alpha value is -0.510. The molecule has 0 spiro atoms. The zero-order valence-electron chi connectivity index (χ0n) is 10.7. The van der Waals surface area contributed by atoms with E-state index in [1.54, 1.807) is 11.8 Å². The third kappa shape index (κ3) is 4.16. The molecule has 0 bridgehead atoms. The molecule has 0 aliphatic carbocycles. The quantitative estimate of drug-likeness (QED) is 0.762. The molecule has 4 heteroatoms. The van der Waals surface area contributed by atoms with Crippen molar-refractivity contribution in [3.05, 3.63) is 0 Å². The Morgan fingerprint density at radius 2 is 2.12 bits per heavy atom. The van der Waals surface area contributed by atoms with Crippen molar-refractivity contribution in [2.24, 2.45) is 10.9 Å². The second-order valence-corrected chi connectivity index (χ2v) is 5.91. The van der Waals surface area contributed by atoms with E-state index in [2.05, 4.69) is 18.8 Å². The maximum atomic E-state index is 12.0. The Morgan fingerprint density at radius 3 is 2.69 bits per heavy atom. The summed E-state index contributed by atoms with van der Waals surface area (Å²) in [5, 5.41) is 0.923. The van der Waals surface area contributed by atoms with Gasteiger partial charge in [-0.15, -0.1) is 0 Å². The van der Waals surface area contributed by atoms with Gasteiger partial charge in [0.25, 0.3) is 0 Å². The number of carbonyl (C=O) groups excluding carboxylic acids is 1. The number of thioether (sulfide) groups is 1. The van der Waals surface area contributed by atoms with Crippen molar-refractivity contribution < 1.29 is 4.79 Å². The number of amidine groups is 1. The van der Waals surface area contributed by atoms with Gasteiger partial charge < -0.3 is 0 Å². The molecule has 0 atom stereocenters. The van der Waals surface area contributed by atoms with E-state index in [-0.39, 0.29) is 11.9 Å². The van der Waals surface area contributed by atoms with Gasteiger partial charge >= 0.3 is 0 Å². The number of hydrogen-bond donors (Lipinski definition) is 0. The van der Waals surface area contributed by atoms with Crippen molar-refractivity contribution in [2.75, 3.05) is 12.3 Å². The summed E-state index contributed by atoms with van der Waals surface area (Å²) in [6.45, 7) is 9.09. The van der Waals surface area contributed by atoms with Crippen LogP contribution in [0, 0.1) is 5.92 Å². The number of aliphatic imine (C=N–C) groups is 1. The third-order valence-corrected chi connectivity index (χ3v) is 3.32. The standard InChI is InChI=1S/C12H22N2OS/c1-9(2)8-11(15)14-6-5-7-16-12(14)13-10(3)4/h9-10H,5-8H2,1-4H3. The molecule has 1 saturated heterocycles. The molecule has 1 aliphatic rings. The van der Waals surface area contributed by atoms with Crippen LogP contribution in [0.2, 0.25) is 0 Å². The van der Waals surface area contributed by atoms with E-state index in [0.29, 0.717) is 12.3 Å². The average molecular weight is 242 g/mol. The van der Waals surface area contributed by atoms with E-state index in [9.17, 15) is 4.79 Å². The summed E-state index contributed by atoms with van der Waals surface area (Å²) in [6.07, 6.45) is 1.70. The van der Waals surface area contributed by atoms with Crippen LogP contribution >= 0.6 is 11.8 Å². The molecule has 1 heterocycles. The van der Waals surface area contributed by atoms with Crippen molar-refractivity contribution in [3.63, 3.8) is 0 Å². The number of hydrogen-bond acceptors (Lipinski definition) is 3. The van der Waals surface area contributed by atoms with Gasteiger partial charge in [-0.3, -0.25) is 14.7 Å². The average Bonchev–Trinajstić information content (AvgIpc) is 2.16. The van der Waals surface area contributed by atoms with Crippen molar-refractivity contribution in [1.29, 1.82) is 0 Å². The van der Waals surface area contributed by atoms with Crippen LogP contribution in [0.1, 0.15) is 40.5 Å². The van der Waals surface area contributed by atoms with E-state index in [1.807, 2.05) is 18.7 Å². The summed E-state index contributed by atoms with van der Waals surface area (Å²) in [6, 6.07) is 0.259. The van der Waals surface area contributed by atoms with Gasteiger partial charge in [0.2, 0.25) is 5.91 Å². The van der Waals surface area contributed by atoms with E-state index in [0.717, 1.165) is 23.9 Å². The van der Waals surface area contributed by atoms with Crippen LogP contribution in [0.15, 0.2) is 4.99 Å². The maximum Gasteiger partial charge on any atom is 0.228 e. The molecule has 0 radical (unpaired) electrons. The minimum absolute atomic E-state index is 0.224. The second-order valence-electron chi connectivity index (χ2n) is 4.85. The molecule has 1 fully saturated rings. The first-order chi connectivity index (χ1) is 7.50. The minimum atomic E-state index is 0.224. The van der Waals surface area contributed by atoms with Gasteiger partial charge in [-0.25, -0.2) is 0 Å². The largest absolute Gasteiger partial charge is 0.292 e.